The monoisotopic (exact) mass is 354 g/mol. The summed E-state index contributed by atoms with van der Waals surface area (Å²) in [6.07, 6.45) is 1.68. The third kappa shape index (κ3) is 3.14. The smallest absolute Gasteiger partial charge is 0.340 e. The van der Waals surface area contributed by atoms with Gasteiger partial charge < -0.3 is 14.6 Å². The zero-order chi connectivity index (χ0) is 19.0. The fourth-order valence-corrected chi connectivity index (χ4v) is 3.66. The van der Waals surface area contributed by atoms with E-state index in [4.69, 9.17) is 4.74 Å². The third-order valence-electron chi connectivity index (χ3n) is 4.94. The number of nitrogens with one attached hydrogen (secondary N) is 1. The summed E-state index contributed by atoms with van der Waals surface area (Å²) >= 11 is 0. The van der Waals surface area contributed by atoms with Crippen LogP contribution in [0.25, 0.3) is 0 Å². The van der Waals surface area contributed by atoms with Crippen molar-refractivity contribution in [1.29, 1.82) is 0 Å². The van der Waals surface area contributed by atoms with Crippen LogP contribution < -0.4 is 4.90 Å². The summed E-state index contributed by atoms with van der Waals surface area (Å²) < 4.78 is 5.33. The number of carbonyl (C=O) groups excluding carboxylic acids is 2. The van der Waals surface area contributed by atoms with Crippen LogP contribution in [0, 0.1) is 13.8 Å². The van der Waals surface area contributed by atoms with Gasteiger partial charge in [-0.25, -0.2) is 4.79 Å². The molecule has 2 heterocycles. The highest BCUT2D eigenvalue weighted by atomic mass is 16.5. The standard InChI is InChI=1S/C21H26N2O3/c1-12(2)26-21(25)18-14(4)19(22-15(18)5)20(24)23-13(3)10-11-16-8-6-7-9-17(16)23/h6-9,12-13,22H,10-11H2,1-5H3/t13-/m1/s1. The maximum Gasteiger partial charge on any atom is 0.340 e. The highest BCUT2D eigenvalue weighted by molar-refractivity contribution is 6.09. The normalized spacial score (nSPS) is 16.5. The molecule has 0 unspecified atom stereocenters. The number of H-pyrrole nitrogens is 1. The SMILES string of the molecule is Cc1[nH]c(C(=O)N2c3ccccc3CC[C@H]2C)c(C)c1C(=O)OC(C)C. The lowest BCUT2D eigenvalue weighted by atomic mass is 9.96. The van der Waals surface area contributed by atoms with Gasteiger partial charge >= 0.3 is 5.97 Å². The lowest BCUT2D eigenvalue weighted by Gasteiger charge is -2.35. The summed E-state index contributed by atoms with van der Waals surface area (Å²) in [5.74, 6) is -0.494. The van der Waals surface area contributed by atoms with Crippen molar-refractivity contribution in [2.75, 3.05) is 4.90 Å². The maximum absolute atomic E-state index is 13.3. The number of hydrogen-bond donors (Lipinski definition) is 1. The average Bonchev–Trinajstić information content (AvgIpc) is 2.88. The zero-order valence-electron chi connectivity index (χ0n) is 16.1. The van der Waals surface area contributed by atoms with Crippen molar-refractivity contribution < 1.29 is 14.3 Å². The molecule has 1 atom stereocenters. The third-order valence-corrected chi connectivity index (χ3v) is 4.94. The van der Waals surface area contributed by atoms with Crippen LogP contribution in [-0.4, -0.2) is 29.0 Å². The summed E-state index contributed by atoms with van der Waals surface area (Å²) in [6, 6.07) is 8.12. The molecule has 0 fully saturated rings. The molecule has 0 radical (unpaired) electrons. The van der Waals surface area contributed by atoms with Gasteiger partial charge in [0, 0.05) is 17.4 Å². The Hall–Kier alpha value is -2.56. The lowest BCUT2D eigenvalue weighted by Crippen LogP contribution is -2.42. The van der Waals surface area contributed by atoms with E-state index in [-0.39, 0.29) is 18.1 Å². The lowest BCUT2D eigenvalue weighted by molar-refractivity contribution is 0.0376. The van der Waals surface area contributed by atoms with E-state index < -0.39 is 5.97 Å². The molecule has 5 nitrogen and oxygen atoms in total. The van der Waals surface area contributed by atoms with Gasteiger partial charge in [-0.2, -0.15) is 0 Å². The summed E-state index contributed by atoms with van der Waals surface area (Å²) in [5.41, 5.74) is 4.36. The van der Waals surface area contributed by atoms with E-state index in [2.05, 4.69) is 18.0 Å². The van der Waals surface area contributed by atoms with E-state index in [1.54, 1.807) is 13.8 Å². The Balaban J connectivity index is 2.00. The first kappa shape index (κ1) is 18.2. The fraction of sp³-hybridized carbons (Fsp3) is 0.429. The molecule has 3 rings (SSSR count). The Morgan fingerprint density at radius 3 is 2.62 bits per heavy atom. The Morgan fingerprint density at radius 2 is 1.92 bits per heavy atom. The molecule has 0 spiro atoms. The summed E-state index contributed by atoms with van der Waals surface area (Å²) in [4.78, 5) is 30.7. The summed E-state index contributed by atoms with van der Waals surface area (Å²) in [6.45, 7) is 9.29. The van der Waals surface area contributed by atoms with Gasteiger partial charge in [-0.1, -0.05) is 18.2 Å². The molecule has 0 saturated carbocycles. The van der Waals surface area contributed by atoms with E-state index in [1.165, 1.54) is 5.56 Å². The van der Waals surface area contributed by atoms with Gasteiger partial charge in [-0.05, 0) is 64.7 Å². The molecule has 1 aliphatic heterocycles. The fourth-order valence-electron chi connectivity index (χ4n) is 3.66. The van der Waals surface area contributed by atoms with Crippen molar-refractivity contribution in [2.45, 2.75) is 59.6 Å². The van der Waals surface area contributed by atoms with E-state index in [9.17, 15) is 9.59 Å². The van der Waals surface area contributed by atoms with Crippen LogP contribution in [0.15, 0.2) is 24.3 Å². The predicted octanol–water partition coefficient (Wildman–Crippen LogP) is 4.18. The quantitative estimate of drug-likeness (QED) is 0.841. The van der Waals surface area contributed by atoms with Crippen molar-refractivity contribution >= 4 is 17.6 Å². The van der Waals surface area contributed by atoms with E-state index >= 15 is 0 Å². The molecular formula is C21H26N2O3. The number of esters is 1. The minimum Gasteiger partial charge on any atom is -0.459 e. The van der Waals surface area contributed by atoms with Gasteiger partial charge in [-0.3, -0.25) is 4.79 Å². The molecule has 0 saturated heterocycles. The van der Waals surface area contributed by atoms with Gasteiger partial charge in [0.2, 0.25) is 0 Å². The molecular weight excluding hydrogens is 328 g/mol. The van der Waals surface area contributed by atoms with E-state index in [0.29, 0.717) is 22.5 Å². The molecule has 2 aromatic rings. The number of ether oxygens (including phenoxy) is 1. The Labute approximate surface area is 154 Å². The van der Waals surface area contributed by atoms with Crippen LogP contribution >= 0.6 is 0 Å². The minimum absolute atomic E-state index is 0.103. The molecule has 1 aromatic heterocycles. The number of carbonyl (C=O) groups is 2. The van der Waals surface area contributed by atoms with Crippen molar-refractivity contribution in [3.8, 4) is 0 Å². The molecule has 1 N–H and O–H groups in total. The molecule has 138 valence electrons. The van der Waals surface area contributed by atoms with Crippen LogP contribution in [-0.2, 0) is 11.2 Å². The first-order valence-electron chi connectivity index (χ1n) is 9.12. The second kappa shape index (κ2) is 6.98. The molecule has 1 amide bonds. The number of amides is 1. The number of hydrogen-bond acceptors (Lipinski definition) is 3. The number of anilines is 1. The second-order valence-electron chi connectivity index (χ2n) is 7.27. The number of aryl methyl sites for hydroxylation is 2. The first-order chi connectivity index (χ1) is 12.3. The van der Waals surface area contributed by atoms with E-state index in [1.807, 2.05) is 36.9 Å². The number of aromatic amines is 1. The van der Waals surface area contributed by atoms with Gasteiger partial charge in [0.05, 0.1) is 11.7 Å². The number of rotatable bonds is 3. The Kier molecular flexibility index (Phi) is 4.90. The van der Waals surface area contributed by atoms with Crippen LogP contribution in [0.4, 0.5) is 5.69 Å². The van der Waals surface area contributed by atoms with Crippen LogP contribution in [0.5, 0.6) is 0 Å². The molecule has 26 heavy (non-hydrogen) atoms. The highest BCUT2D eigenvalue weighted by Gasteiger charge is 2.32. The Morgan fingerprint density at radius 1 is 1.23 bits per heavy atom. The number of fused-ring (bicyclic) bond motifs is 1. The van der Waals surface area contributed by atoms with Gasteiger partial charge in [0.1, 0.15) is 5.69 Å². The second-order valence-corrected chi connectivity index (χ2v) is 7.27. The minimum atomic E-state index is -0.391. The topological polar surface area (TPSA) is 62.4 Å². The van der Waals surface area contributed by atoms with Crippen LogP contribution in [0.3, 0.4) is 0 Å². The van der Waals surface area contributed by atoms with Crippen LogP contribution in [0.1, 0.15) is 64.9 Å². The number of aromatic nitrogens is 1. The molecule has 1 aliphatic rings. The maximum atomic E-state index is 13.3. The van der Waals surface area contributed by atoms with Crippen LogP contribution in [0.2, 0.25) is 0 Å². The van der Waals surface area contributed by atoms with Gasteiger partial charge in [0.25, 0.3) is 5.91 Å². The van der Waals surface area contributed by atoms with E-state index in [0.717, 1.165) is 18.5 Å². The largest absolute Gasteiger partial charge is 0.459 e. The zero-order valence-corrected chi connectivity index (χ0v) is 16.1. The van der Waals surface area contributed by atoms with Gasteiger partial charge in [0.15, 0.2) is 0 Å². The molecule has 0 bridgehead atoms. The summed E-state index contributed by atoms with van der Waals surface area (Å²) in [5, 5.41) is 0. The first-order valence-corrected chi connectivity index (χ1v) is 9.12. The number of benzene rings is 1. The molecule has 0 aliphatic carbocycles. The number of nitrogens with zero attached hydrogens (tertiary/aromatic N) is 1. The molecule has 5 heteroatoms. The Bertz CT molecular complexity index is 851. The predicted molar refractivity (Wildman–Crippen MR) is 102 cm³/mol. The highest BCUT2D eigenvalue weighted by Crippen LogP contribution is 2.32. The average molecular weight is 354 g/mol. The van der Waals surface area contributed by atoms with Crippen molar-refractivity contribution in [3.63, 3.8) is 0 Å². The van der Waals surface area contributed by atoms with Crippen molar-refractivity contribution in [1.82, 2.24) is 4.98 Å². The summed E-state index contributed by atoms with van der Waals surface area (Å²) in [7, 11) is 0. The van der Waals surface area contributed by atoms with Crippen molar-refractivity contribution in [3.05, 3.63) is 52.3 Å². The number of para-hydroxylation sites is 1. The van der Waals surface area contributed by atoms with Gasteiger partial charge in [-0.15, -0.1) is 0 Å². The molecule has 1 aromatic carbocycles. The van der Waals surface area contributed by atoms with Crippen molar-refractivity contribution in [2.24, 2.45) is 0 Å².